The molecule has 1 saturated heterocycles. The van der Waals surface area contributed by atoms with E-state index in [1.54, 1.807) is 23.4 Å². The Bertz CT molecular complexity index is 1350. The van der Waals surface area contributed by atoms with Crippen LogP contribution in [0.25, 0.3) is 22.9 Å². The van der Waals surface area contributed by atoms with Gasteiger partial charge >= 0.3 is 6.09 Å². The number of thioether (sulfide) groups is 1. The van der Waals surface area contributed by atoms with Gasteiger partial charge in [-0.15, -0.1) is 0 Å². The molecular formula is C23H21N5O4S. The van der Waals surface area contributed by atoms with Gasteiger partial charge in [-0.2, -0.15) is 0 Å². The Morgan fingerprint density at radius 3 is 2.76 bits per heavy atom. The molecule has 2 aliphatic rings. The van der Waals surface area contributed by atoms with E-state index < -0.39 is 16.7 Å². The van der Waals surface area contributed by atoms with Gasteiger partial charge in [0, 0.05) is 6.54 Å². The number of carbonyl (C=O) groups is 3. The predicted octanol–water partition coefficient (Wildman–Crippen LogP) is 4.04. The highest BCUT2D eigenvalue weighted by Gasteiger charge is 2.29. The minimum absolute atomic E-state index is 0.295. The van der Waals surface area contributed by atoms with Crippen molar-refractivity contribution in [2.45, 2.75) is 32.8 Å². The number of aromatic nitrogens is 3. The van der Waals surface area contributed by atoms with Crippen molar-refractivity contribution < 1.29 is 19.1 Å². The van der Waals surface area contributed by atoms with Crippen molar-refractivity contribution in [3.05, 3.63) is 52.8 Å². The molecule has 0 aliphatic carbocycles. The maximum atomic E-state index is 12.7. The topological polar surface area (TPSA) is 106 Å². The van der Waals surface area contributed by atoms with Gasteiger partial charge in [0.05, 0.1) is 22.0 Å². The van der Waals surface area contributed by atoms with Gasteiger partial charge in [-0.25, -0.2) is 14.8 Å². The molecule has 5 rings (SSSR count). The average molecular weight is 464 g/mol. The molecule has 1 fully saturated rings. The van der Waals surface area contributed by atoms with E-state index in [2.05, 4.69) is 15.3 Å². The normalized spacial score (nSPS) is 17.1. The summed E-state index contributed by atoms with van der Waals surface area (Å²) < 4.78 is 7.39. The fourth-order valence-corrected chi connectivity index (χ4v) is 4.42. The molecule has 9 nitrogen and oxygen atoms in total. The largest absolute Gasteiger partial charge is 0.443 e. The third kappa shape index (κ3) is 4.09. The lowest BCUT2D eigenvalue weighted by atomic mass is 10.1. The predicted molar refractivity (Wildman–Crippen MR) is 125 cm³/mol. The molecular weight excluding hydrogens is 442 g/mol. The zero-order valence-corrected chi connectivity index (χ0v) is 19.1. The van der Waals surface area contributed by atoms with Crippen LogP contribution >= 0.6 is 11.8 Å². The second-order valence-electron chi connectivity index (χ2n) is 8.74. The summed E-state index contributed by atoms with van der Waals surface area (Å²) in [6.07, 6.45) is 3.63. The molecule has 4 heterocycles. The lowest BCUT2D eigenvalue weighted by molar-refractivity contribution is -0.115. The molecule has 1 N–H and O–H groups in total. The average Bonchev–Trinajstić information content (AvgIpc) is 3.42. The van der Waals surface area contributed by atoms with Gasteiger partial charge in [0.1, 0.15) is 17.4 Å². The van der Waals surface area contributed by atoms with Gasteiger partial charge in [-0.05, 0) is 74.9 Å². The summed E-state index contributed by atoms with van der Waals surface area (Å²) >= 11 is 0.846. The molecule has 1 aromatic carbocycles. The molecule has 3 amide bonds. The number of rotatable bonds is 2. The highest BCUT2D eigenvalue weighted by Crippen LogP contribution is 2.32. The highest BCUT2D eigenvalue weighted by molar-refractivity contribution is 8.18. The van der Waals surface area contributed by atoms with E-state index in [1.807, 2.05) is 49.6 Å². The first-order chi connectivity index (χ1) is 15.7. The quantitative estimate of drug-likeness (QED) is 0.572. The van der Waals surface area contributed by atoms with Gasteiger partial charge in [0.15, 0.2) is 5.65 Å². The fourth-order valence-electron chi connectivity index (χ4n) is 3.76. The first kappa shape index (κ1) is 21.2. The van der Waals surface area contributed by atoms with Crippen molar-refractivity contribution in [3.8, 4) is 5.69 Å². The van der Waals surface area contributed by atoms with Gasteiger partial charge in [0.2, 0.25) is 0 Å². The molecule has 0 bridgehead atoms. The van der Waals surface area contributed by atoms with Gasteiger partial charge in [0.25, 0.3) is 11.1 Å². The molecule has 2 aromatic heterocycles. The van der Waals surface area contributed by atoms with Crippen molar-refractivity contribution in [2.24, 2.45) is 0 Å². The van der Waals surface area contributed by atoms with Crippen LogP contribution in [0.5, 0.6) is 0 Å². The molecule has 0 unspecified atom stereocenters. The Kier molecular flexibility index (Phi) is 4.97. The van der Waals surface area contributed by atoms with Crippen LogP contribution in [0.1, 0.15) is 32.0 Å². The number of anilines is 1. The van der Waals surface area contributed by atoms with E-state index in [0.29, 0.717) is 28.3 Å². The standard InChI is InChI=1S/C23H21N5O4S/c1-23(2,3)32-22(31)27-9-8-13-4-6-15(11-17(13)27)28-12-24-16-7-5-14(25-19(16)28)10-18-20(29)26-21(30)33-18/h4-7,10-12H,8-9H2,1-3H3,(H,26,29,30)/b18-10-. The number of imidazole rings is 1. The van der Waals surface area contributed by atoms with Crippen LogP contribution in [0.15, 0.2) is 41.6 Å². The van der Waals surface area contributed by atoms with E-state index in [9.17, 15) is 14.4 Å². The number of amides is 3. The lowest BCUT2D eigenvalue weighted by Gasteiger charge is -2.25. The summed E-state index contributed by atoms with van der Waals surface area (Å²) in [7, 11) is 0. The van der Waals surface area contributed by atoms with E-state index in [4.69, 9.17) is 4.74 Å². The van der Waals surface area contributed by atoms with Gasteiger partial charge < -0.3 is 4.74 Å². The van der Waals surface area contributed by atoms with Crippen LogP contribution in [-0.4, -0.2) is 43.9 Å². The summed E-state index contributed by atoms with van der Waals surface area (Å²) in [6, 6.07) is 9.45. The zero-order chi connectivity index (χ0) is 23.3. The summed E-state index contributed by atoms with van der Waals surface area (Å²) in [5, 5.41) is 1.84. The summed E-state index contributed by atoms with van der Waals surface area (Å²) in [6.45, 7) is 6.10. The van der Waals surface area contributed by atoms with Crippen molar-refractivity contribution in [1.29, 1.82) is 0 Å². The lowest BCUT2D eigenvalue weighted by Crippen LogP contribution is -2.35. The van der Waals surface area contributed by atoms with E-state index in [0.717, 1.165) is 35.1 Å². The van der Waals surface area contributed by atoms with Crippen LogP contribution in [-0.2, 0) is 16.0 Å². The molecule has 3 aromatic rings. The number of nitrogens with one attached hydrogen (secondary N) is 1. The molecule has 33 heavy (non-hydrogen) atoms. The first-order valence-electron chi connectivity index (χ1n) is 10.4. The van der Waals surface area contributed by atoms with Gasteiger partial charge in [-0.1, -0.05) is 6.07 Å². The van der Waals surface area contributed by atoms with Crippen molar-refractivity contribution in [1.82, 2.24) is 19.9 Å². The third-order valence-corrected chi connectivity index (χ3v) is 6.00. The van der Waals surface area contributed by atoms with Gasteiger partial charge in [-0.3, -0.25) is 24.4 Å². The Labute approximate surface area is 193 Å². The number of nitrogens with zero attached hydrogens (tertiary/aromatic N) is 4. The molecule has 0 atom stereocenters. The van der Waals surface area contributed by atoms with Crippen molar-refractivity contribution in [3.63, 3.8) is 0 Å². The first-order valence-corrected chi connectivity index (χ1v) is 11.2. The number of pyridine rings is 1. The van der Waals surface area contributed by atoms with Crippen LogP contribution in [0.4, 0.5) is 15.3 Å². The number of fused-ring (bicyclic) bond motifs is 2. The molecule has 168 valence electrons. The Morgan fingerprint density at radius 2 is 2.03 bits per heavy atom. The second-order valence-corrected chi connectivity index (χ2v) is 9.76. The summed E-state index contributed by atoms with van der Waals surface area (Å²) in [5.41, 5.74) is 3.91. The smallest absolute Gasteiger partial charge is 0.414 e. The zero-order valence-electron chi connectivity index (χ0n) is 18.3. The van der Waals surface area contributed by atoms with Crippen LogP contribution in [0.2, 0.25) is 0 Å². The Morgan fingerprint density at radius 1 is 1.21 bits per heavy atom. The van der Waals surface area contributed by atoms with Crippen LogP contribution in [0.3, 0.4) is 0 Å². The number of hydrogen-bond acceptors (Lipinski definition) is 7. The SMILES string of the molecule is CC(C)(C)OC(=O)N1CCc2ccc(-n3cnc4ccc(/C=C5\SC(=O)NC5=O)nc43)cc21. The number of ether oxygens (including phenoxy) is 1. The van der Waals surface area contributed by atoms with E-state index >= 15 is 0 Å². The monoisotopic (exact) mass is 463 g/mol. The molecule has 2 aliphatic heterocycles. The molecule has 0 saturated carbocycles. The Balaban J connectivity index is 1.51. The number of hydrogen-bond donors (Lipinski definition) is 1. The number of imide groups is 1. The van der Waals surface area contributed by atoms with Crippen molar-refractivity contribution >= 4 is 51.9 Å². The second kappa shape index (κ2) is 7.73. The minimum Gasteiger partial charge on any atom is -0.443 e. The summed E-state index contributed by atoms with van der Waals surface area (Å²) in [4.78, 5) is 47.0. The molecule has 10 heteroatoms. The minimum atomic E-state index is -0.577. The van der Waals surface area contributed by atoms with Crippen LogP contribution in [0, 0.1) is 0 Å². The van der Waals surface area contributed by atoms with E-state index in [1.165, 1.54) is 0 Å². The Hall–Kier alpha value is -3.66. The number of benzene rings is 1. The third-order valence-electron chi connectivity index (χ3n) is 5.19. The summed E-state index contributed by atoms with van der Waals surface area (Å²) in [5.74, 6) is -0.429. The fraction of sp³-hybridized carbons (Fsp3) is 0.261. The van der Waals surface area contributed by atoms with Crippen LogP contribution < -0.4 is 10.2 Å². The maximum Gasteiger partial charge on any atom is 0.414 e. The number of carbonyl (C=O) groups excluding carboxylic acids is 3. The molecule has 0 spiro atoms. The molecule has 0 radical (unpaired) electrons. The van der Waals surface area contributed by atoms with E-state index in [-0.39, 0.29) is 6.09 Å². The van der Waals surface area contributed by atoms with Crippen molar-refractivity contribution in [2.75, 3.05) is 11.4 Å². The highest BCUT2D eigenvalue weighted by atomic mass is 32.2. The maximum absolute atomic E-state index is 12.7.